The van der Waals surface area contributed by atoms with E-state index < -0.39 is 55.5 Å². The molecular formula is C12H19NO10. The van der Waals surface area contributed by atoms with Crippen molar-refractivity contribution in [2.24, 2.45) is 0 Å². The van der Waals surface area contributed by atoms with Gasteiger partial charge in [0.15, 0.2) is 6.10 Å². The molecule has 0 bridgehead atoms. The van der Waals surface area contributed by atoms with Crippen molar-refractivity contribution in [1.29, 1.82) is 0 Å². The standard InChI is InChI=1S/C12H19NO10/c14-3-1-13(7(11(19)20)5-9(15)16)2-4-23-8(12(21)22)6-10(17)18/h7-8,14H,1-6H2,(H,15,16)(H,17,18)(H,19,20)(H,21,22). The second-order valence-corrected chi connectivity index (χ2v) is 4.51. The van der Waals surface area contributed by atoms with Gasteiger partial charge in [-0.25, -0.2) is 4.79 Å². The van der Waals surface area contributed by atoms with Crippen LogP contribution < -0.4 is 0 Å². The highest BCUT2D eigenvalue weighted by molar-refractivity contribution is 5.80. The maximum absolute atomic E-state index is 11.1. The molecular weight excluding hydrogens is 318 g/mol. The van der Waals surface area contributed by atoms with Gasteiger partial charge in [0, 0.05) is 13.1 Å². The van der Waals surface area contributed by atoms with E-state index in [1.807, 2.05) is 0 Å². The number of ether oxygens (including phenoxy) is 1. The van der Waals surface area contributed by atoms with E-state index in [0.717, 1.165) is 4.90 Å². The number of carbonyl (C=O) groups is 4. The minimum absolute atomic E-state index is 0.162. The lowest BCUT2D eigenvalue weighted by molar-refractivity contribution is -0.158. The van der Waals surface area contributed by atoms with Crippen LogP contribution in [0.25, 0.3) is 0 Å². The molecule has 0 radical (unpaired) electrons. The van der Waals surface area contributed by atoms with Crippen LogP contribution in [-0.2, 0) is 23.9 Å². The number of aliphatic hydroxyl groups is 1. The summed E-state index contributed by atoms with van der Waals surface area (Å²) in [5, 5.41) is 44.0. The lowest BCUT2D eigenvalue weighted by atomic mass is 10.1. The normalized spacial score (nSPS) is 13.5. The van der Waals surface area contributed by atoms with Crippen LogP contribution in [0.5, 0.6) is 0 Å². The summed E-state index contributed by atoms with van der Waals surface area (Å²) in [6, 6.07) is -1.42. The van der Waals surface area contributed by atoms with Crippen molar-refractivity contribution < 1.29 is 49.4 Å². The van der Waals surface area contributed by atoms with E-state index in [9.17, 15) is 19.2 Å². The molecule has 0 saturated carbocycles. The van der Waals surface area contributed by atoms with Gasteiger partial charge in [-0.05, 0) is 0 Å². The van der Waals surface area contributed by atoms with E-state index in [2.05, 4.69) is 0 Å². The Kier molecular flexibility index (Phi) is 9.46. The number of rotatable bonds is 13. The number of carboxylic acids is 4. The highest BCUT2D eigenvalue weighted by Gasteiger charge is 2.28. The first-order valence-electron chi connectivity index (χ1n) is 6.54. The van der Waals surface area contributed by atoms with Crippen LogP contribution in [0, 0.1) is 0 Å². The Labute approximate surface area is 130 Å². The van der Waals surface area contributed by atoms with Gasteiger partial charge in [-0.2, -0.15) is 0 Å². The molecule has 0 heterocycles. The summed E-state index contributed by atoms with van der Waals surface area (Å²) in [7, 11) is 0. The predicted octanol–water partition coefficient (Wildman–Crippen LogP) is -1.85. The first-order valence-corrected chi connectivity index (χ1v) is 6.54. The summed E-state index contributed by atoms with van der Waals surface area (Å²) in [4.78, 5) is 44.2. The highest BCUT2D eigenvalue weighted by Crippen LogP contribution is 2.07. The van der Waals surface area contributed by atoms with Crippen LogP contribution in [0.2, 0.25) is 0 Å². The smallest absolute Gasteiger partial charge is 0.333 e. The molecule has 132 valence electrons. The zero-order valence-corrected chi connectivity index (χ0v) is 12.1. The van der Waals surface area contributed by atoms with Crippen LogP contribution in [-0.4, -0.2) is 92.8 Å². The number of aliphatic hydroxyl groups excluding tert-OH is 1. The fourth-order valence-corrected chi connectivity index (χ4v) is 1.78. The molecule has 2 unspecified atom stereocenters. The van der Waals surface area contributed by atoms with Crippen molar-refractivity contribution in [2.45, 2.75) is 25.0 Å². The Bertz CT molecular complexity index is 438. The first kappa shape index (κ1) is 20.8. The third-order valence-electron chi connectivity index (χ3n) is 2.81. The largest absolute Gasteiger partial charge is 0.481 e. The second-order valence-electron chi connectivity index (χ2n) is 4.51. The molecule has 0 aromatic rings. The Morgan fingerprint density at radius 3 is 1.83 bits per heavy atom. The summed E-state index contributed by atoms with van der Waals surface area (Å²) in [6.45, 7) is -1.13. The van der Waals surface area contributed by atoms with Gasteiger partial charge in [0.25, 0.3) is 0 Å². The van der Waals surface area contributed by atoms with Crippen LogP contribution in [0.3, 0.4) is 0 Å². The first-order chi connectivity index (χ1) is 10.7. The quantitative estimate of drug-likeness (QED) is 0.254. The van der Waals surface area contributed by atoms with Crippen molar-refractivity contribution in [3.05, 3.63) is 0 Å². The Hall–Kier alpha value is -2.24. The molecule has 0 aromatic heterocycles. The molecule has 2 atom stereocenters. The fraction of sp³-hybridized carbons (Fsp3) is 0.667. The molecule has 0 aromatic carbocycles. The number of hydrogen-bond donors (Lipinski definition) is 5. The average molecular weight is 337 g/mol. The molecule has 0 saturated heterocycles. The van der Waals surface area contributed by atoms with E-state index in [1.54, 1.807) is 0 Å². The van der Waals surface area contributed by atoms with Crippen molar-refractivity contribution in [3.8, 4) is 0 Å². The Morgan fingerprint density at radius 2 is 1.43 bits per heavy atom. The number of hydrogen-bond acceptors (Lipinski definition) is 7. The summed E-state index contributed by atoms with van der Waals surface area (Å²) < 4.78 is 4.88. The Morgan fingerprint density at radius 1 is 0.870 bits per heavy atom. The minimum atomic E-state index is -1.61. The SMILES string of the molecule is O=C(O)CC(OCCN(CCO)C(CC(=O)O)C(=O)O)C(=O)O. The monoisotopic (exact) mass is 337 g/mol. The Balaban J connectivity index is 4.73. The lowest BCUT2D eigenvalue weighted by Crippen LogP contribution is -2.46. The highest BCUT2D eigenvalue weighted by atomic mass is 16.5. The number of nitrogens with zero attached hydrogens (tertiary/aromatic N) is 1. The molecule has 0 rings (SSSR count). The van der Waals surface area contributed by atoms with Gasteiger partial charge in [-0.15, -0.1) is 0 Å². The third kappa shape index (κ3) is 8.70. The maximum Gasteiger partial charge on any atom is 0.333 e. The topological polar surface area (TPSA) is 182 Å². The minimum Gasteiger partial charge on any atom is -0.481 e. The van der Waals surface area contributed by atoms with E-state index in [0.29, 0.717) is 0 Å². The fourth-order valence-electron chi connectivity index (χ4n) is 1.78. The molecule has 0 amide bonds. The zero-order valence-electron chi connectivity index (χ0n) is 12.1. The summed E-state index contributed by atoms with van der Waals surface area (Å²) >= 11 is 0. The molecule has 0 fully saturated rings. The molecule has 11 heteroatoms. The van der Waals surface area contributed by atoms with Crippen LogP contribution in [0.15, 0.2) is 0 Å². The van der Waals surface area contributed by atoms with Crippen molar-refractivity contribution in [3.63, 3.8) is 0 Å². The molecule has 23 heavy (non-hydrogen) atoms. The number of aliphatic carboxylic acids is 4. The summed E-state index contributed by atoms with van der Waals surface area (Å²) in [5.41, 5.74) is 0. The maximum atomic E-state index is 11.1. The van der Waals surface area contributed by atoms with Crippen LogP contribution in [0.1, 0.15) is 12.8 Å². The molecule has 5 N–H and O–H groups in total. The van der Waals surface area contributed by atoms with E-state index >= 15 is 0 Å². The second kappa shape index (κ2) is 10.5. The molecule has 0 aliphatic heterocycles. The zero-order chi connectivity index (χ0) is 18.0. The molecule has 0 aliphatic rings. The van der Waals surface area contributed by atoms with E-state index in [-0.39, 0.29) is 19.7 Å². The molecule has 11 nitrogen and oxygen atoms in total. The van der Waals surface area contributed by atoms with Gasteiger partial charge in [0.05, 0.1) is 26.1 Å². The third-order valence-corrected chi connectivity index (χ3v) is 2.81. The average Bonchev–Trinajstić information content (AvgIpc) is 2.41. The predicted molar refractivity (Wildman–Crippen MR) is 72.0 cm³/mol. The summed E-state index contributed by atoms with van der Waals surface area (Å²) in [6.07, 6.45) is -3.09. The molecule has 0 spiro atoms. The van der Waals surface area contributed by atoms with Gasteiger partial charge in [-0.3, -0.25) is 19.3 Å². The van der Waals surface area contributed by atoms with Gasteiger partial charge in [-0.1, -0.05) is 0 Å². The van der Waals surface area contributed by atoms with E-state index in [4.69, 9.17) is 30.3 Å². The van der Waals surface area contributed by atoms with Crippen LogP contribution in [0.4, 0.5) is 0 Å². The molecule has 0 aliphatic carbocycles. The van der Waals surface area contributed by atoms with Crippen molar-refractivity contribution in [2.75, 3.05) is 26.3 Å². The summed E-state index contributed by atoms with van der Waals surface area (Å²) in [5.74, 6) is -5.63. The van der Waals surface area contributed by atoms with Crippen molar-refractivity contribution >= 4 is 23.9 Å². The lowest BCUT2D eigenvalue weighted by Gasteiger charge is -2.27. The van der Waals surface area contributed by atoms with Crippen molar-refractivity contribution in [1.82, 2.24) is 4.90 Å². The van der Waals surface area contributed by atoms with Gasteiger partial charge in [0.2, 0.25) is 0 Å². The van der Waals surface area contributed by atoms with Crippen LogP contribution >= 0.6 is 0 Å². The number of carboxylic acid groups (broad SMARTS) is 4. The van der Waals surface area contributed by atoms with E-state index in [1.165, 1.54) is 0 Å². The van der Waals surface area contributed by atoms with Gasteiger partial charge >= 0.3 is 23.9 Å². The van der Waals surface area contributed by atoms with Gasteiger partial charge < -0.3 is 30.3 Å². The van der Waals surface area contributed by atoms with Gasteiger partial charge in [0.1, 0.15) is 6.04 Å².